The van der Waals surface area contributed by atoms with Gasteiger partial charge in [0.2, 0.25) is 11.8 Å². The largest absolute Gasteiger partial charge is 0.480 e. The van der Waals surface area contributed by atoms with Crippen LogP contribution >= 0.6 is 22.6 Å². The van der Waals surface area contributed by atoms with Gasteiger partial charge in [0.05, 0.1) is 0 Å². The van der Waals surface area contributed by atoms with E-state index in [1.165, 1.54) is 4.90 Å². The highest BCUT2D eigenvalue weighted by Gasteiger charge is 2.37. The van der Waals surface area contributed by atoms with Gasteiger partial charge in [0.1, 0.15) is 19.1 Å². The van der Waals surface area contributed by atoms with E-state index in [0.717, 1.165) is 14.0 Å². The lowest BCUT2D eigenvalue weighted by atomic mass is 10.0. The van der Waals surface area contributed by atoms with Gasteiger partial charge in [0.25, 0.3) is 0 Å². The number of amides is 2. The molecule has 1 aliphatic heterocycles. The first-order chi connectivity index (χ1) is 9.88. The molecule has 0 aromatic heterocycles. The average Bonchev–Trinajstić information content (AvgIpc) is 2.42. The van der Waals surface area contributed by atoms with Gasteiger partial charge in [-0.3, -0.25) is 14.4 Å². The van der Waals surface area contributed by atoms with Crippen molar-refractivity contribution < 1.29 is 19.5 Å². The fourth-order valence-corrected chi connectivity index (χ4v) is 2.63. The van der Waals surface area contributed by atoms with E-state index in [9.17, 15) is 14.4 Å². The number of benzene rings is 1. The van der Waals surface area contributed by atoms with Crippen LogP contribution in [0.4, 0.5) is 0 Å². The lowest BCUT2D eigenvalue weighted by Gasteiger charge is -2.37. The highest BCUT2D eigenvalue weighted by molar-refractivity contribution is 14.1. The average molecular weight is 402 g/mol. The van der Waals surface area contributed by atoms with E-state index < -0.39 is 18.6 Å². The molecule has 112 valence electrons. The molecular formula is C14H15IN2O4. The number of piperazine rings is 1. The Morgan fingerprint density at radius 1 is 1.33 bits per heavy atom. The zero-order valence-corrected chi connectivity index (χ0v) is 13.6. The van der Waals surface area contributed by atoms with Gasteiger partial charge in [-0.15, -0.1) is 0 Å². The summed E-state index contributed by atoms with van der Waals surface area (Å²) in [5.41, 5.74) is 0.936. The van der Waals surface area contributed by atoms with E-state index in [1.807, 2.05) is 24.3 Å². The third-order valence-electron chi connectivity index (χ3n) is 3.45. The molecule has 1 fully saturated rings. The Morgan fingerprint density at radius 2 is 1.95 bits per heavy atom. The van der Waals surface area contributed by atoms with Crippen molar-refractivity contribution in [3.8, 4) is 0 Å². The second-order valence-electron chi connectivity index (χ2n) is 4.94. The number of rotatable bonds is 4. The summed E-state index contributed by atoms with van der Waals surface area (Å²) in [5.74, 6) is -1.68. The van der Waals surface area contributed by atoms with Gasteiger partial charge in [0.15, 0.2) is 0 Å². The molecule has 1 aromatic rings. The van der Waals surface area contributed by atoms with Crippen LogP contribution in [-0.4, -0.2) is 58.9 Å². The molecule has 2 rings (SSSR count). The van der Waals surface area contributed by atoms with E-state index in [-0.39, 0.29) is 18.4 Å². The van der Waals surface area contributed by atoms with Crippen molar-refractivity contribution >= 4 is 40.4 Å². The Morgan fingerprint density at radius 3 is 2.52 bits per heavy atom. The molecular weight excluding hydrogens is 387 g/mol. The highest BCUT2D eigenvalue weighted by atomic mass is 127. The maximum absolute atomic E-state index is 12.4. The lowest BCUT2D eigenvalue weighted by Crippen LogP contribution is -2.60. The van der Waals surface area contributed by atoms with Crippen molar-refractivity contribution in [2.45, 2.75) is 12.5 Å². The van der Waals surface area contributed by atoms with Gasteiger partial charge >= 0.3 is 5.97 Å². The molecule has 0 bridgehead atoms. The zero-order valence-electron chi connectivity index (χ0n) is 11.5. The molecule has 1 heterocycles. The molecule has 1 saturated heterocycles. The monoisotopic (exact) mass is 402 g/mol. The normalized spacial score (nSPS) is 19.0. The minimum Gasteiger partial charge on any atom is -0.480 e. The molecule has 2 amide bonds. The highest BCUT2D eigenvalue weighted by Crippen LogP contribution is 2.17. The Balaban J connectivity index is 2.18. The molecule has 0 aliphatic carbocycles. The molecule has 1 aromatic carbocycles. The molecule has 0 spiro atoms. The fraction of sp³-hybridized carbons (Fsp3) is 0.357. The molecule has 1 aliphatic rings. The maximum atomic E-state index is 12.4. The summed E-state index contributed by atoms with van der Waals surface area (Å²) in [5, 5.41) is 8.82. The van der Waals surface area contributed by atoms with Crippen molar-refractivity contribution in [1.82, 2.24) is 9.80 Å². The Kier molecular flexibility index (Phi) is 4.81. The summed E-state index contributed by atoms with van der Waals surface area (Å²) >= 11 is 2.19. The van der Waals surface area contributed by atoms with Crippen LogP contribution in [0.2, 0.25) is 0 Å². The summed E-state index contributed by atoms with van der Waals surface area (Å²) in [6.07, 6.45) is 0.383. The van der Waals surface area contributed by atoms with Gasteiger partial charge in [-0.1, -0.05) is 12.1 Å². The Bertz CT molecular complexity index is 573. The predicted octanol–water partition coefficient (Wildman–Crippen LogP) is 0.588. The van der Waals surface area contributed by atoms with E-state index in [4.69, 9.17) is 5.11 Å². The van der Waals surface area contributed by atoms with E-state index in [2.05, 4.69) is 22.6 Å². The van der Waals surface area contributed by atoms with Crippen LogP contribution in [0.15, 0.2) is 24.3 Å². The third kappa shape index (κ3) is 3.72. The van der Waals surface area contributed by atoms with Crippen molar-refractivity contribution in [2.24, 2.45) is 0 Å². The molecule has 0 radical (unpaired) electrons. The van der Waals surface area contributed by atoms with Crippen molar-refractivity contribution in [3.63, 3.8) is 0 Å². The first kappa shape index (κ1) is 15.7. The SMILES string of the molecule is CN1C(=O)CN(CC(=O)O)C(=O)[C@@H]1Cc1ccc(I)cc1. The molecule has 0 saturated carbocycles. The molecule has 0 unspecified atom stereocenters. The number of hydrogen-bond acceptors (Lipinski definition) is 3. The van der Waals surface area contributed by atoms with Crippen LogP contribution in [0.25, 0.3) is 0 Å². The quantitative estimate of drug-likeness (QED) is 0.748. The number of carboxylic acid groups (broad SMARTS) is 1. The molecule has 7 heteroatoms. The first-order valence-electron chi connectivity index (χ1n) is 6.39. The minimum absolute atomic E-state index is 0.176. The van der Waals surface area contributed by atoms with Gasteiger partial charge in [-0.05, 0) is 40.3 Å². The second-order valence-corrected chi connectivity index (χ2v) is 6.18. The standard InChI is InChI=1S/C14H15IN2O4/c1-16-11(6-9-2-4-10(15)5-3-9)14(21)17(7-12(16)18)8-13(19)20/h2-5,11H,6-8H2,1H3,(H,19,20)/t11-/m0/s1. The fourth-order valence-electron chi connectivity index (χ4n) is 2.27. The van der Waals surface area contributed by atoms with Crippen LogP contribution in [0, 0.1) is 3.57 Å². The Hall–Kier alpha value is -1.64. The molecule has 6 nitrogen and oxygen atoms in total. The first-order valence-corrected chi connectivity index (χ1v) is 7.47. The van der Waals surface area contributed by atoms with Gasteiger partial charge in [-0.2, -0.15) is 0 Å². The van der Waals surface area contributed by atoms with Crippen LogP contribution in [0.3, 0.4) is 0 Å². The minimum atomic E-state index is -1.12. The number of nitrogens with zero attached hydrogens (tertiary/aromatic N) is 2. The number of carbonyl (C=O) groups is 3. The third-order valence-corrected chi connectivity index (χ3v) is 4.17. The van der Waals surface area contributed by atoms with E-state index in [0.29, 0.717) is 6.42 Å². The number of carboxylic acids is 1. The number of halogens is 1. The second kappa shape index (κ2) is 6.42. The number of aliphatic carboxylic acids is 1. The summed E-state index contributed by atoms with van der Waals surface area (Å²) in [6, 6.07) is 7.03. The summed E-state index contributed by atoms with van der Waals surface area (Å²) in [6.45, 7) is -0.619. The summed E-state index contributed by atoms with van der Waals surface area (Å²) in [7, 11) is 1.58. The van der Waals surface area contributed by atoms with Crippen LogP contribution in [0.1, 0.15) is 5.56 Å². The molecule has 21 heavy (non-hydrogen) atoms. The maximum Gasteiger partial charge on any atom is 0.323 e. The molecule has 1 atom stereocenters. The van der Waals surface area contributed by atoms with Crippen LogP contribution < -0.4 is 0 Å². The van der Waals surface area contributed by atoms with Crippen molar-refractivity contribution in [1.29, 1.82) is 0 Å². The molecule has 1 N–H and O–H groups in total. The topological polar surface area (TPSA) is 77.9 Å². The summed E-state index contributed by atoms with van der Waals surface area (Å²) < 4.78 is 1.09. The van der Waals surface area contributed by atoms with E-state index in [1.54, 1.807) is 7.05 Å². The van der Waals surface area contributed by atoms with Crippen LogP contribution in [0.5, 0.6) is 0 Å². The van der Waals surface area contributed by atoms with Gasteiger partial charge in [0, 0.05) is 17.0 Å². The van der Waals surface area contributed by atoms with Crippen molar-refractivity contribution in [3.05, 3.63) is 33.4 Å². The number of likely N-dealkylation sites (N-methyl/N-ethyl adjacent to an activating group) is 1. The van der Waals surface area contributed by atoms with E-state index >= 15 is 0 Å². The number of hydrogen-bond donors (Lipinski definition) is 1. The zero-order chi connectivity index (χ0) is 15.6. The smallest absolute Gasteiger partial charge is 0.323 e. The van der Waals surface area contributed by atoms with Crippen LogP contribution in [-0.2, 0) is 20.8 Å². The van der Waals surface area contributed by atoms with Gasteiger partial charge < -0.3 is 14.9 Å². The van der Waals surface area contributed by atoms with Crippen molar-refractivity contribution in [2.75, 3.05) is 20.1 Å². The van der Waals surface area contributed by atoms with Gasteiger partial charge in [-0.25, -0.2) is 0 Å². The predicted molar refractivity (Wildman–Crippen MR) is 83.6 cm³/mol. The number of carbonyl (C=O) groups excluding carboxylic acids is 2. The summed E-state index contributed by atoms with van der Waals surface area (Å²) in [4.78, 5) is 37.6. The lowest BCUT2D eigenvalue weighted by molar-refractivity contribution is -0.157. The Labute approximate surface area is 135 Å².